The van der Waals surface area contributed by atoms with Gasteiger partial charge in [-0.05, 0) is 6.42 Å². The van der Waals surface area contributed by atoms with Crippen molar-refractivity contribution in [1.29, 1.82) is 0 Å². The number of aryl methyl sites for hydroxylation is 1. The van der Waals surface area contributed by atoms with Gasteiger partial charge in [-0.25, -0.2) is 4.98 Å². The highest BCUT2D eigenvalue weighted by Gasteiger charge is 2.18. The molecule has 1 aromatic rings. The summed E-state index contributed by atoms with van der Waals surface area (Å²) in [7, 11) is 0. The number of imidazole rings is 1. The zero-order valence-corrected chi connectivity index (χ0v) is 5.12. The maximum Gasteiger partial charge on any atom is 0.125 e. The van der Waals surface area contributed by atoms with E-state index in [1.165, 1.54) is 0 Å². The fourth-order valence-electron chi connectivity index (χ4n) is 1.25. The lowest BCUT2D eigenvalue weighted by Crippen LogP contribution is -2.06. The number of rotatable bonds is 0. The lowest BCUT2D eigenvalue weighted by molar-refractivity contribution is 0.678. The highest BCUT2D eigenvalue weighted by Crippen LogP contribution is 2.19. The number of aromatic nitrogens is 2. The molecule has 0 fully saturated rings. The Bertz CT molecular complexity index is 216. The Balaban J connectivity index is 2.49. The molecular weight excluding hydrogens is 114 g/mol. The summed E-state index contributed by atoms with van der Waals surface area (Å²) in [4.78, 5) is 4.12. The molecule has 1 aliphatic heterocycles. The van der Waals surface area contributed by atoms with Crippen molar-refractivity contribution < 1.29 is 0 Å². The monoisotopic (exact) mass is 123 g/mol. The first-order valence-corrected chi connectivity index (χ1v) is 3.14. The predicted molar refractivity (Wildman–Crippen MR) is 33.8 cm³/mol. The quantitative estimate of drug-likeness (QED) is 0.538. The molecule has 0 aromatic carbocycles. The first-order valence-electron chi connectivity index (χ1n) is 3.14. The van der Waals surface area contributed by atoms with E-state index in [2.05, 4.69) is 9.55 Å². The second-order valence-electron chi connectivity index (χ2n) is 2.37. The van der Waals surface area contributed by atoms with E-state index in [-0.39, 0.29) is 6.04 Å². The van der Waals surface area contributed by atoms with Crippen LogP contribution in [0.25, 0.3) is 0 Å². The van der Waals surface area contributed by atoms with Gasteiger partial charge in [-0.15, -0.1) is 0 Å². The molecule has 3 nitrogen and oxygen atoms in total. The fourth-order valence-corrected chi connectivity index (χ4v) is 1.25. The third-order valence-corrected chi connectivity index (χ3v) is 1.76. The average Bonchev–Trinajstić information content (AvgIpc) is 2.35. The zero-order chi connectivity index (χ0) is 6.27. The molecule has 1 aliphatic rings. The number of nitrogens with zero attached hydrogens (tertiary/aromatic N) is 2. The van der Waals surface area contributed by atoms with Crippen LogP contribution >= 0.6 is 0 Å². The molecule has 2 heterocycles. The van der Waals surface area contributed by atoms with Gasteiger partial charge in [-0.1, -0.05) is 0 Å². The van der Waals surface area contributed by atoms with Crippen molar-refractivity contribution in [2.24, 2.45) is 5.73 Å². The fraction of sp³-hybridized carbons (Fsp3) is 0.500. The van der Waals surface area contributed by atoms with Crippen molar-refractivity contribution in [2.45, 2.75) is 19.0 Å². The molecule has 48 valence electrons. The Morgan fingerprint density at radius 3 is 3.44 bits per heavy atom. The van der Waals surface area contributed by atoms with E-state index in [9.17, 15) is 0 Å². The maximum absolute atomic E-state index is 5.71. The Kier molecular flexibility index (Phi) is 0.873. The molecule has 0 radical (unpaired) electrons. The van der Waals surface area contributed by atoms with Crippen LogP contribution in [-0.4, -0.2) is 9.55 Å². The van der Waals surface area contributed by atoms with Crippen LogP contribution in [-0.2, 0) is 6.54 Å². The minimum Gasteiger partial charge on any atom is -0.334 e. The molecule has 3 heteroatoms. The van der Waals surface area contributed by atoms with Crippen LogP contribution < -0.4 is 5.73 Å². The van der Waals surface area contributed by atoms with Crippen LogP contribution in [0.2, 0.25) is 0 Å². The van der Waals surface area contributed by atoms with Crippen LogP contribution in [0.1, 0.15) is 18.3 Å². The predicted octanol–water partition coefficient (Wildman–Crippen LogP) is 0.287. The number of nitrogens with two attached hydrogens (primary N) is 1. The molecule has 0 aliphatic carbocycles. The lowest BCUT2D eigenvalue weighted by atomic mass is 10.3. The van der Waals surface area contributed by atoms with E-state index < -0.39 is 0 Å². The van der Waals surface area contributed by atoms with Crippen LogP contribution in [0, 0.1) is 0 Å². The summed E-state index contributed by atoms with van der Waals surface area (Å²) < 4.78 is 2.10. The first-order chi connectivity index (χ1) is 4.38. The highest BCUT2D eigenvalue weighted by atomic mass is 15.1. The largest absolute Gasteiger partial charge is 0.334 e. The van der Waals surface area contributed by atoms with E-state index in [1.807, 2.05) is 6.20 Å². The molecule has 2 rings (SSSR count). The summed E-state index contributed by atoms with van der Waals surface area (Å²) in [5.41, 5.74) is 5.71. The van der Waals surface area contributed by atoms with E-state index >= 15 is 0 Å². The second kappa shape index (κ2) is 1.57. The molecule has 0 unspecified atom stereocenters. The zero-order valence-electron chi connectivity index (χ0n) is 5.12. The summed E-state index contributed by atoms with van der Waals surface area (Å²) in [5, 5.41) is 0. The van der Waals surface area contributed by atoms with Gasteiger partial charge in [-0.2, -0.15) is 0 Å². The summed E-state index contributed by atoms with van der Waals surface area (Å²) in [5.74, 6) is 1.04. The minimum atomic E-state index is 0.181. The van der Waals surface area contributed by atoms with Gasteiger partial charge in [0.15, 0.2) is 0 Å². The van der Waals surface area contributed by atoms with E-state index in [1.54, 1.807) is 6.20 Å². The third-order valence-electron chi connectivity index (χ3n) is 1.76. The molecule has 0 amide bonds. The summed E-state index contributed by atoms with van der Waals surface area (Å²) in [6.07, 6.45) is 4.82. The Morgan fingerprint density at radius 2 is 2.67 bits per heavy atom. The van der Waals surface area contributed by atoms with Gasteiger partial charge >= 0.3 is 0 Å². The molecule has 9 heavy (non-hydrogen) atoms. The molecule has 0 bridgehead atoms. The van der Waals surface area contributed by atoms with Crippen molar-refractivity contribution >= 4 is 0 Å². The van der Waals surface area contributed by atoms with Crippen LogP contribution in [0.5, 0.6) is 0 Å². The van der Waals surface area contributed by atoms with Crippen molar-refractivity contribution in [2.75, 3.05) is 0 Å². The Hall–Kier alpha value is -0.830. The van der Waals surface area contributed by atoms with Gasteiger partial charge in [0.2, 0.25) is 0 Å². The van der Waals surface area contributed by atoms with Crippen molar-refractivity contribution in [3.05, 3.63) is 18.2 Å². The van der Waals surface area contributed by atoms with Crippen LogP contribution in [0.15, 0.2) is 12.4 Å². The normalized spacial score (nSPS) is 24.3. The van der Waals surface area contributed by atoms with E-state index in [0.29, 0.717) is 0 Å². The molecule has 1 aromatic heterocycles. The summed E-state index contributed by atoms with van der Waals surface area (Å²) in [6, 6.07) is 0.181. The molecule has 0 spiro atoms. The Morgan fingerprint density at radius 1 is 1.78 bits per heavy atom. The molecule has 2 N–H and O–H groups in total. The maximum atomic E-state index is 5.71. The average molecular weight is 123 g/mol. The summed E-state index contributed by atoms with van der Waals surface area (Å²) in [6.45, 7) is 1.04. The topological polar surface area (TPSA) is 43.8 Å². The summed E-state index contributed by atoms with van der Waals surface area (Å²) >= 11 is 0. The van der Waals surface area contributed by atoms with Gasteiger partial charge in [0.25, 0.3) is 0 Å². The SMILES string of the molecule is N[C@H]1CCn2ccnc21. The highest BCUT2D eigenvalue weighted by molar-refractivity contribution is 5.02. The molecule has 0 saturated carbocycles. The van der Waals surface area contributed by atoms with E-state index in [0.717, 1.165) is 18.8 Å². The molecule has 1 atom stereocenters. The number of hydrogen-bond acceptors (Lipinski definition) is 2. The standard InChI is InChI=1S/C6H9N3/c7-5-1-3-9-4-2-8-6(5)9/h2,4-5H,1,3,7H2/t5-/m0/s1. The first kappa shape index (κ1) is 4.99. The second-order valence-corrected chi connectivity index (χ2v) is 2.37. The minimum absolute atomic E-state index is 0.181. The smallest absolute Gasteiger partial charge is 0.125 e. The van der Waals surface area contributed by atoms with Crippen LogP contribution in [0.3, 0.4) is 0 Å². The van der Waals surface area contributed by atoms with Crippen molar-refractivity contribution in [3.63, 3.8) is 0 Å². The van der Waals surface area contributed by atoms with Crippen LogP contribution in [0.4, 0.5) is 0 Å². The van der Waals surface area contributed by atoms with Gasteiger partial charge < -0.3 is 10.3 Å². The van der Waals surface area contributed by atoms with Crippen molar-refractivity contribution in [1.82, 2.24) is 9.55 Å². The molecular formula is C6H9N3. The van der Waals surface area contributed by atoms with Crippen molar-refractivity contribution in [3.8, 4) is 0 Å². The number of fused-ring (bicyclic) bond motifs is 1. The van der Waals surface area contributed by atoms with Gasteiger partial charge in [-0.3, -0.25) is 0 Å². The Labute approximate surface area is 53.5 Å². The van der Waals surface area contributed by atoms with Gasteiger partial charge in [0, 0.05) is 18.9 Å². The van der Waals surface area contributed by atoms with Gasteiger partial charge in [0.05, 0.1) is 6.04 Å². The van der Waals surface area contributed by atoms with E-state index in [4.69, 9.17) is 5.73 Å². The third kappa shape index (κ3) is 0.580. The number of hydrogen-bond donors (Lipinski definition) is 1. The van der Waals surface area contributed by atoms with Gasteiger partial charge in [0.1, 0.15) is 5.82 Å². The lowest BCUT2D eigenvalue weighted by Gasteiger charge is -1.95. The molecule has 0 saturated heterocycles.